The van der Waals surface area contributed by atoms with Gasteiger partial charge in [-0.3, -0.25) is 4.99 Å². The molecule has 0 saturated carbocycles. The molecule has 1 aromatic rings. The van der Waals surface area contributed by atoms with E-state index in [9.17, 15) is 0 Å². The number of furan rings is 1. The summed E-state index contributed by atoms with van der Waals surface area (Å²) in [6, 6.07) is 6.32. The highest BCUT2D eigenvalue weighted by atomic mass is 16.3. The number of fused-ring (bicyclic) bond motifs is 2. The third kappa shape index (κ3) is 4.53. The molecule has 0 amide bonds. The predicted molar refractivity (Wildman–Crippen MR) is 98.3 cm³/mol. The van der Waals surface area contributed by atoms with Gasteiger partial charge in [0.15, 0.2) is 5.96 Å². The minimum atomic E-state index is 0.380. The Kier molecular flexibility index (Phi) is 5.82. The maximum atomic E-state index is 5.39. The quantitative estimate of drug-likeness (QED) is 0.643. The highest BCUT2D eigenvalue weighted by molar-refractivity contribution is 5.80. The molecule has 2 saturated heterocycles. The minimum Gasteiger partial charge on any atom is -0.469 e. The predicted octanol–water partition coefficient (Wildman–Crippen LogP) is 2.78. The van der Waals surface area contributed by atoms with Gasteiger partial charge in [0, 0.05) is 37.1 Å². The van der Waals surface area contributed by atoms with Gasteiger partial charge in [0.1, 0.15) is 5.76 Å². The Morgan fingerprint density at radius 1 is 1.33 bits per heavy atom. The van der Waals surface area contributed by atoms with Crippen LogP contribution in [-0.4, -0.2) is 48.6 Å². The van der Waals surface area contributed by atoms with Crippen LogP contribution in [0.15, 0.2) is 27.8 Å². The van der Waals surface area contributed by atoms with Crippen molar-refractivity contribution >= 4 is 5.96 Å². The number of hydrogen-bond donors (Lipinski definition) is 2. The van der Waals surface area contributed by atoms with E-state index in [1.807, 2.05) is 12.1 Å². The summed E-state index contributed by atoms with van der Waals surface area (Å²) in [6.45, 7) is 5.06. The van der Waals surface area contributed by atoms with Crippen LogP contribution in [0.5, 0.6) is 0 Å². The van der Waals surface area contributed by atoms with Crippen molar-refractivity contribution in [2.45, 2.75) is 76.5 Å². The van der Waals surface area contributed by atoms with Gasteiger partial charge in [-0.2, -0.15) is 0 Å². The lowest BCUT2D eigenvalue weighted by molar-refractivity contribution is 0.0526. The Hall–Kier alpha value is -1.49. The fourth-order valence-corrected chi connectivity index (χ4v) is 4.07. The van der Waals surface area contributed by atoms with E-state index in [2.05, 4.69) is 36.4 Å². The van der Waals surface area contributed by atoms with Gasteiger partial charge in [0.05, 0.1) is 6.26 Å². The second kappa shape index (κ2) is 8.06. The van der Waals surface area contributed by atoms with Crippen LogP contribution < -0.4 is 10.6 Å². The Labute approximate surface area is 145 Å². The van der Waals surface area contributed by atoms with E-state index in [1.165, 1.54) is 32.1 Å². The average molecular weight is 332 g/mol. The zero-order valence-corrected chi connectivity index (χ0v) is 15.3. The molecule has 2 N–H and O–H groups in total. The van der Waals surface area contributed by atoms with E-state index >= 15 is 0 Å². The lowest BCUT2D eigenvalue weighted by atomic mass is 9.82. The van der Waals surface area contributed by atoms with E-state index < -0.39 is 0 Å². The zero-order chi connectivity index (χ0) is 16.9. The van der Waals surface area contributed by atoms with Crippen molar-refractivity contribution in [3.05, 3.63) is 24.2 Å². The monoisotopic (exact) mass is 332 g/mol. The molecule has 0 aromatic carbocycles. The van der Waals surface area contributed by atoms with Gasteiger partial charge < -0.3 is 20.0 Å². The molecule has 2 atom stereocenters. The molecular formula is C19H32N4O. The summed E-state index contributed by atoms with van der Waals surface area (Å²) in [5.41, 5.74) is 0. The Morgan fingerprint density at radius 3 is 2.71 bits per heavy atom. The molecular weight excluding hydrogens is 300 g/mol. The summed E-state index contributed by atoms with van der Waals surface area (Å²) >= 11 is 0. The van der Waals surface area contributed by atoms with E-state index in [0.717, 1.165) is 36.8 Å². The van der Waals surface area contributed by atoms with Crippen LogP contribution in [0.2, 0.25) is 0 Å². The van der Waals surface area contributed by atoms with Crippen molar-refractivity contribution in [1.29, 1.82) is 0 Å². The first-order chi connectivity index (χ1) is 11.6. The number of piperidine rings is 2. The Balaban J connectivity index is 1.57. The maximum absolute atomic E-state index is 5.39. The fourth-order valence-electron chi connectivity index (χ4n) is 4.07. The minimum absolute atomic E-state index is 0.380. The molecule has 0 aliphatic carbocycles. The third-order valence-electron chi connectivity index (χ3n) is 5.31. The van der Waals surface area contributed by atoms with Crippen molar-refractivity contribution in [1.82, 2.24) is 15.5 Å². The summed E-state index contributed by atoms with van der Waals surface area (Å²) in [7, 11) is 2.30. The SMILES string of the molecule is CC(C)NC(=NCCc1ccco1)NC1CC2CCCC(C1)N2C. The molecule has 0 spiro atoms. The number of nitrogens with one attached hydrogen (secondary N) is 2. The van der Waals surface area contributed by atoms with Crippen LogP contribution in [0.1, 0.15) is 51.7 Å². The molecule has 2 fully saturated rings. The van der Waals surface area contributed by atoms with Crippen LogP contribution in [0.3, 0.4) is 0 Å². The first-order valence-electron chi connectivity index (χ1n) is 9.43. The van der Waals surface area contributed by atoms with E-state index in [0.29, 0.717) is 12.1 Å². The van der Waals surface area contributed by atoms with Crippen molar-refractivity contribution in [2.24, 2.45) is 4.99 Å². The second-order valence-electron chi connectivity index (χ2n) is 7.58. The summed E-state index contributed by atoms with van der Waals surface area (Å²) in [5, 5.41) is 7.18. The smallest absolute Gasteiger partial charge is 0.191 e. The van der Waals surface area contributed by atoms with E-state index in [1.54, 1.807) is 6.26 Å². The van der Waals surface area contributed by atoms with Crippen LogP contribution in [-0.2, 0) is 6.42 Å². The first kappa shape index (κ1) is 17.3. The van der Waals surface area contributed by atoms with Crippen LogP contribution in [0, 0.1) is 0 Å². The standard InChI is InChI=1S/C19H32N4O/c1-14(2)21-19(20-10-9-18-8-5-11-24-18)22-15-12-16-6-4-7-17(13-15)23(16)3/h5,8,11,14-17H,4,6-7,9-10,12-13H2,1-3H3,(H2,20,21,22). The molecule has 2 aliphatic heterocycles. The van der Waals surface area contributed by atoms with Gasteiger partial charge in [0.25, 0.3) is 0 Å². The molecule has 2 aliphatic rings. The highest BCUT2D eigenvalue weighted by Gasteiger charge is 2.36. The zero-order valence-electron chi connectivity index (χ0n) is 15.3. The molecule has 5 nitrogen and oxygen atoms in total. The summed E-state index contributed by atoms with van der Waals surface area (Å²) in [6.07, 6.45) is 9.09. The fraction of sp³-hybridized carbons (Fsp3) is 0.737. The van der Waals surface area contributed by atoms with E-state index in [4.69, 9.17) is 9.41 Å². The second-order valence-corrected chi connectivity index (χ2v) is 7.58. The van der Waals surface area contributed by atoms with Gasteiger partial charge in [-0.15, -0.1) is 0 Å². The molecule has 1 aromatic heterocycles. The van der Waals surface area contributed by atoms with Gasteiger partial charge in [0.2, 0.25) is 0 Å². The number of hydrogen-bond acceptors (Lipinski definition) is 3. The summed E-state index contributed by atoms with van der Waals surface area (Å²) in [4.78, 5) is 7.37. The number of guanidine groups is 1. The molecule has 24 heavy (non-hydrogen) atoms. The van der Waals surface area contributed by atoms with Gasteiger partial charge in [-0.25, -0.2) is 0 Å². The molecule has 3 rings (SSSR count). The molecule has 2 unspecified atom stereocenters. The molecule has 3 heterocycles. The highest BCUT2D eigenvalue weighted by Crippen LogP contribution is 2.32. The topological polar surface area (TPSA) is 52.8 Å². The summed E-state index contributed by atoms with van der Waals surface area (Å²) in [5.74, 6) is 1.95. The lowest BCUT2D eigenvalue weighted by Gasteiger charge is -2.47. The molecule has 134 valence electrons. The number of nitrogens with zero attached hydrogens (tertiary/aromatic N) is 2. The van der Waals surface area contributed by atoms with Gasteiger partial charge in [-0.05, 0) is 58.7 Å². The van der Waals surface area contributed by atoms with Gasteiger partial charge in [-0.1, -0.05) is 6.42 Å². The van der Waals surface area contributed by atoms with Crippen LogP contribution >= 0.6 is 0 Å². The number of rotatable bonds is 5. The summed E-state index contributed by atoms with van der Waals surface area (Å²) < 4.78 is 5.39. The third-order valence-corrected chi connectivity index (χ3v) is 5.31. The van der Waals surface area contributed by atoms with Crippen molar-refractivity contribution in [3.8, 4) is 0 Å². The largest absolute Gasteiger partial charge is 0.469 e. The Bertz CT molecular complexity index is 511. The Morgan fingerprint density at radius 2 is 2.08 bits per heavy atom. The molecule has 5 heteroatoms. The lowest BCUT2D eigenvalue weighted by Crippen LogP contribution is -2.57. The maximum Gasteiger partial charge on any atom is 0.191 e. The van der Waals surface area contributed by atoms with Crippen molar-refractivity contribution in [3.63, 3.8) is 0 Å². The van der Waals surface area contributed by atoms with Crippen LogP contribution in [0.4, 0.5) is 0 Å². The molecule has 0 radical (unpaired) electrons. The van der Waals surface area contributed by atoms with Crippen molar-refractivity contribution in [2.75, 3.05) is 13.6 Å². The van der Waals surface area contributed by atoms with E-state index in [-0.39, 0.29) is 0 Å². The number of aliphatic imine (C=N–C) groups is 1. The van der Waals surface area contributed by atoms with Gasteiger partial charge >= 0.3 is 0 Å². The molecule has 2 bridgehead atoms. The van der Waals surface area contributed by atoms with Crippen molar-refractivity contribution < 1.29 is 4.42 Å². The normalized spacial score (nSPS) is 28.2. The average Bonchev–Trinajstić information content (AvgIpc) is 3.01. The van der Waals surface area contributed by atoms with Crippen LogP contribution in [0.25, 0.3) is 0 Å². The first-order valence-corrected chi connectivity index (χ1v) is 9.43.